The molecule has 0 aliphatic heterocycles. The summed E-state index contributed by atoms with van der Waals surface area (Å²) in [6, 6.07) is 0. The Balaban J connectivity index is 3.53. The van der Waals surface area contributed by atoms with Gasteiger partial charge in [0.1, 0.15) is 7.85 Å². The third kappa shape index (κ3) is 5.15. The quantitative estimate of drug-likeness (QED) is 0.392. The molecule has 0 saturated carbocycles. The summed E-state index contributed by atoms with van der Waals surface area (Å²) in [5.41, 5.74) is 0.866. The van der Waals surface area contributed by atoms with E-state index in [4.69, 9.17) is 7.85 Å². The predicted octanol–water partition coefficient (Wildman–Crippen LogP) is 2.19. The van der Waals surface area contributed by atoms with Crippen LogP contribution in [0.5, 0.6) is 0 Å². The minimum Gasteiger partial charge on any atom is -0.118 e. The van der Waals surface area contributed by atoms with Gasteiger partial charge in [-0.1, -0.05) is 18.2 Å². The van der Waals surface area contributed by atoms with Crippen LogP contribution in [-0.4, -0.2) is 7.85 Å². The summed E-state index contributed by atoms with van der Waals surface area (Å²) in [4.78, 5) is 0. The maximum Gasteiger partial charge on any atom is 0.107 e. The van der Waals surface area contributed by atoms with Gasteiger partial charge in [-0.2, -0.15) is 0 Å². The zero-order valence-electron chi connectivity index (χ0n) is 5.64. The lowest BCUT2D eigenvalue weighted by molar-refractivity contribution is 1.29. The van der Waals surface area contributed by atoms with Gasteiger partial charge in [-0.25, -0.2) is 0 Å². The van der Waals surface area contributed by atoms with Crippen molar-refractivity contribution in [1.82, 2.24) is 0 Å². The van der Waals surface area contributed by atoms with E-state index in [1.165, 1.54) is 0 Å². The van der Waals surface area contributed by atoms with E-state index in [0.717, 1.165) is 18.3 Å². The maximum absolute atomic E-state index is 5.51. The standard InChI is InChI=1S/C8H11B/c1-3-5-7-8(9)6-4-2/h3-4,7H,1-2,5-6H2. The van der Waals surface area contributed by atoms with Gasteiger partial charge in [-0.15, -0.1) is 18.6 Å². The zero-order valence-corrected chi connectivity index (χ0v) is 5.64. The third-order valence-corrected chi connectivity index (χ3v) is 0.927. The van der Waals surface area contributed by atoms with Gasteiger partial charge in [0.25, 0.3) is 0 Å². The Bertz CT molecular complexity index is 123. The molecule has 0 N–H and O–H groups in total. The van der Waals surface area contributed by atoms with E-state index in [0.29, 0.717) is 0 Å². The molecule has 0 aromatic heterocycles. The normalized spacial score (nSPS) is 10.9. The van der Waals surface area contributed by atoms with Gasteiger partial charge in [0.05, 0.1) is 0 Å². The van der Waals surface area contributed by atoms with Crippen molar-refractivity contribution in [2.45, 2.75) is 12.8 Å². The van der Waals surface area contributed by atoms with Crippen molar-refractivity contribution in [3.63, 3.8) is 0 Å². The molecule has 0 saturated heterocycles. The molecule has 0 aliphatic carbocycles. The average Bonchev–Trinajstić information content (AvgIpc) is 1.85. The van der Waals surface area contributed by atoms with E-state index in [-0.39, 0.29) is 0 Å². The van der Waals surface area contributed by atoms with Gasteiger partial charge < -0.3 is 0 Å². The molecule has 0 bridgehead atoms. The fourth-order valence-corrected chi connectivity index (χ4v) is 0.485. The number of rotatable bonds is 4. The molecular formula is C8H11B. The van der Waals surface area contributed by atoms with Crippen molar-refractivity contribution in [2.75, 3.05) is 0 Å². The van der Waals surface area contributed by atoms with Crippen LogP contribution in [0.1, 0.15) is 12.8 Å². The van der Waals surface area contributed by atoms with E-state index >= 15 is 0 Å². The van der Waals surface area contributed by atoms with E-state index in [1.807, 2.05) is 12.2 Å². The van der Waals surface area contributed by atoms with Crippen LogP contribution in [0.4, 0.5) is 0 Å². The molecule has 0 nitrogen and oxygen atoms in total. The molecule has 0 spiro atoms. The fourth-order valence-electron chi connectivity index (χ4n) is 0.485. The van der Waals surface area contributed by atoms with Crippen molar-refractivity contribution in [3.05, 3.63) is 36.9 Å². The molecule has 0 aromatic rings. The predicted molar refractivity (Wildman–Crippen MR) is 43.5 cm³/mol. The summed E-state index contributed by atoms with van der Waals surface area (Å²) >= 11 is 0. The molecular weight excluding hydrogens is 107 g/mol. The Labute approximate surface area is 58.4 Å². The van der Waals surface area contributed by atoms with Gasteiger partial charge in [-0.05, 0) is 12.8 Å². The molecule has 9 heavy (non-hydrogen) atoms. The number of hydrogen-bond donors (Lipinski definition) is 0. The van der Waals surface area contributed by atoms with Gasteiger partial charge in [0, 0.05) is 0 Å². The maximum atomic E-state index is 5.51. The highest BCUT2D eigenvalue weighted by Gasteiger charge is 1.80. The van der Waals surface area contributed by atoms with Crippen molar-refractivity contribution >= 4 is 7.85 Å². The van der Waals surface area contributed by atoms with Crippen LogP contribution < -0.4 is 0 Å². The molecule has 0 amide bonds. The van der Waals surface area contributed by atoms with Crippen molar-refractivity contribution in [2.24, 2.45) is 0 Å². The van der Waals surface area contributed by atoms with Crippen LogP contribution in [0.3, 0.4) is 0 Å². The average molecular weight is 118 g/mol. The van der Waals surface area contributed by atoms with Crippen molar-refractivity contribution in [1.29, 1.82) is 0 Å². The highest BCUT2D eigenvalue weighted by molar-refractivity contribution is 6.21. The zero-order chi connectivity index (χ0) is 7.11. The van der Waals surface area contributed by atoms with Crippen LogP contribution >= 0.6 is 0 Å². The lowest BCUT2D eigenvalue weighted by Gasteiger charge is -1.91. The van der Waals surface area contributed by atoms with Gasteiger partial charge in [-0.3, -0.25) is 0 Å². The summed E-state index contributed by atoms with van der Waals surface area (Å²) in [7, 11) is 5.51. The number of allylic oxidation sites excluding steroid dienone is 4. The SMILES string of the molecule is [B]C(=CCC=C)CC=C. The van der Waals surface area contributed by atoms with Crippen molar-refractivity contribution in [3.8, 4) is 0 Å². The smallest absolute Gasteiger partial charge is 0.107 e. The number of hydrogen-bond acceptors (Lipinski definition) is 0. The molecule has 0 rings (SSSR count). The topological polar surface area (TPSA) is 0 Å². The second-order valence-electron chi connectivity index (χ2n) is 1.80. The van der Waals surface area contributed by atoms with Crippen molar-refractivity contribution < 1.29 is 0 Å². The van der Waals surface area contributed by atoms with Crippen LogP contribution in [0.25, 0.3) is 0 Å². The summed E-state index contributed by atoms with van der Waals surface area (Å²) < 4.78 is 0. The molecule has 46 valence electrons. The largest absolute Gasteiger partial charge is 0.118 e. The lowest BCUT2D eigenvalue weighted by Crippen LogP contribution is -1.76. The summed E-state index contributed by atoms with van der Waals surface area (Å²) in [6.07, 6.45) is 7.16. The molecule has 1 heteroatoms. The van der Waals surface area contributed by atoms with E-state index in [2.05, 4.69) is 13.2 Å². The molecule has 0 aromatic carbocycles. The van der Waals surface area contributed by atoms with Crippen LogP contribution in [0.15, 0.2) is 36.9 Å². The lowest BCUT2D eigenvalue weighted by atomic mass is 9.91. The molecule has 2 radical (unpaired) electrons. The van der Waals surface area contributed by atoms with E-state index < -0.39 is 0 Å². The van der Waals surface area contributed by atoms with Gasteiger partial charge >= 0.3 is 0 Å². The first-order valence-electron chi connectivity index (χ1n) is 2.97. The Kier molecular flexibility index (Phi) is 4.99. The van der Waals surface area contributed by atoms with Gasteiger partial charge in [0.2, 0.25) is 0 Å². The van der Waals surface area contributed by atoms with Gasteiger partial charge in [0.15, 0.2) is 0 Å². The Morgan fingerprint density at radius 2 is 2.00 bits per heavy atom. The Morgan fingerprint density at radius 3 is 2.44 bits per heavy atom. The molecule has 0 aliphatic rings. The Morgan fingerprint density at radius 1 is 1.33 bits per heavy atom. The van der Waals surface area contributed by atoms with Crippen LogP contribution in [-0.2, 0) is 0 Å². The minimum atomic E-state index is 0.772. The second-order valence-corrected chi connectivity index (χ2v) is 1.80. The highest BCUT2D eigenvalue weighted by atomic mass is 13.8. The summed E-state index contributed by atoms with van der Waals surface area (Å²) in [5, 5.41) is 0. The highest BCUT2D eigenvalue weighted by Crippen LogP contribution is 1.97. The van der Waals surface area contributed by atoms with E-state index in [9.17, 15) is 0 Å². The molecule has 0 unspecified atom stereocenters. The summed E-state index contributed by atoms with van der Waals surface area (Å²) in [5.74, 6) is 0. The third-order valence-electron chi connectivity index (χ3n) is 0.927. The fraction of sp³-hybridized carbons (Fsp3) is 0.250. The first-order valence-corrected chi connectivity index (χ1v) is 2.97. The summed E-state index contributed by atoms with van der Waals surface area (Å²) in [6.45, 7) is 7.13. The van der Waals surface area contributed by atoms with Crippen LogP contribution in [0.2, 0.25) is 0 Å². The van der Waals surface area contributed by atoms with E-state index in [1.54, 1.807) is 6.08 Å². The molecule has 0 fully saturated rings. The monoisotopic (exact) mass is 118 g/mol. The second kappa shape index (κ2) is 5.42. The molecule has 0 heterocycles. The minimum absolute atomic E-state index is 0.772. The Hall–Kier alpha value is -0.715. The van der Waals surface area contributed by atoms with Crippen LogP contribution in [0, 0.1) is 0 Å². The molecule has 0 atom stereocenters. The first-order chi connectivity index (χ1) is 4.31. The first kappa shape index (κ1) is 8.28.